The molecule has 1 saturated heterocycles. The minimum absolute atomic E-state index is 0.0790. The molecule has 17 heteroatoms. The highest BCUT2D eigenvalue weighted by Gasteiger charge is 2.48. The molecule has 0 unspecified atom stereocenters. The first-order chi connectivity index (χ1) is 32.9. The van der Waals surface area contributed by atoms with E-state index < -0.39 is 28.8 Å². The van der Waals surface area contributed by atoms with E-state index >= 15 is 0 Å². The Morgan fingerprint density at radius 3 is 1.34 bits per heavy atom. The van der Waals surface area contributed by atoms with Gasteiger partial charge in [-0.15, -0.1) is 22.7 Å². The van der Waals surface area contributed by atoms with Gasteiger partial charge in [0.25, 0.3) is 5.92 Å². The van der Waals surface area contributed by atoms with Crippen LogP contribution in [0.2, 0.25) is 0 Å². The molecule has 1 aliphatic heterocycles. The van der Waals surface area contributed by atoms with Crippen LogP contribution in [0.15, 0.2) is 10.8 Å². The molecular weight excluding hydrogens is 987 g/mol. The first-order valence-corrected chi connectivity index (χ1v) is 27.6. The molecule has 0 bridgehead atoms. The van der Waals surface area contributed by atoms with Crippen molar-refractivity contribution in [2.75, 3.05) is 27.2 Å². The summed E-state index contributed by atoms with van der Waals surface area (Å²) in [6.07, 6.45) is 4.37. The molecule has 74 heavy (non-hydrogen) atoms. The number of likely N-dealkylation sites (tertiary alicyclic amines) is 1. The Morgan fingerprint density at radius 1 is 0.622 bits per heavy atom. The third kappa shape index (κ3) is 27.9. The molecule has 0 radical (unpaired) electrons. The molecule has 0 N–H and O–H groups in total. The molecule has 5 rings (SSSR count). The zero-order chi connectivity index (χ0) is 58.4. The van der Waals surface area contributed by atoms with Gasteiger partial charge in [-0.1, -0.05) is 62.3 Å². The lowest BCUT2D eigenvalue weighted by Crippen LogP contribution is -2.44. The van der Waals surface area contributed by atoms with E-state index in [1.165, 1.54) is 30.6 Å². The Kier molecular flexibility index (Phi) is 26.2. The molecule has 0 atom stereocenters. The van der Waals surface area contributed by atoms with Crippen LogP contribution in [-0.4, -0.2) is 106 Å². The van der Waals surface area contributed by atoms with Crippen molar-refractivity contribution < 1.29 is 51.8 Å². The molecule has 2 aromatic heterocycles. The van der Waals surface area contributed by atoms with E-state index in [1.807, 2.05) is 173 Å². The van der Waals surface area contributed by atoms with Crippen LogP contribution in [0.5, 0.6) is 0 Å². The first kappa shape index (κ1) is 70.3. The molecule has 1 amide bonds. The van der Waals surface area contributed by atoms with Crippen molar-refractivity contribution in [3.8, 4) is 0 Å². The number of rotatable bonds is 6. The van der Waals surface area contributed by atoms with Gasteiger partial charge in [0.1, 0.15) is 33.7 Å². The van der Waals surface area contributed by atoms with E-state index in [0.717, 1.165) is 42.5 Å². The minimum Gasteiger partial charge on any atom is -0.462 e. The van der Waals surface area contributed by atoms with E-state index in [0.29, 0.717) is 17.3 Å². The number of ether oxygens (including phenoxy) is 3. The maximum Gasteiger partial charge on any atom is 0.311 e. The van der Waals surface area contributed by atoms with Gasteiger partial charge in [0.2, 0.25) is 5.91 Å². The molecule has 2 saturated carbocycles. The van der Waals surface area contributed by atoms with Gasteiger partial charge in [-0.3, -0.25) is 28.8 Å². The summed E-state index contributed by atoms with van der Waals surface area (Å²) < 4.78 is 40.1. The zero-order valence-corrected chi connectivity index (χ0v) is 52.0. The lowest BCUT2D eigenvalue weighted by Gasteiger charge is -2.39. The minimum atomic E-state index is -2.62. The Morgan fingerprint density at radius 2 is 1.04 bits per heavy atom. The maximum atomic E-state index is 12.3. The van der Waals surface area contributed by atoms with Gasteiger partial charge in [-0.2, -0.15) is 0 Å². The largest absolute Gasteiger partial charge is 0.462 e. The molecule has 0 aromatic carbocycles. The number of amides is 1. The molecule has 13 nitrogen and oxygen atoms in total. The average molecular weight is 1090 g/mol. The number of aryl methyl sites for hydroxylation is 1. The second-order valence-corrected chi connectivity index (χ2v) is 29.3. The van der Waals surface area contributed by atoms with Crippen molar-refractivity contribution in [3.05, 3.63) is 32.2 Å². The van der Waals surface area contributed by atoms with Crippen molar-refractivity contribution in [3.63, 3.8) is 0 Å². The van der Waals surface area contributed by atoms with Crippen LogP contribution in [0.1, 0.15) is 228 Å². The predicted octanol–water partition coefficient (Wildman–Crippen LogP) is 14.0. The topological polar surface area (TPSA) is 162 Å². The number of thiazole rings is 2. The summed E-state index contributed by atoms with van der Waals surface area (Å²) in [6, 6.07) is 0. The number of halogens is 2. The highest BCUT2D eigenvalue weighted by molar-refractivity contribution is 7.10. The highest BCUT2D eigenvalue weighted by Crippen LogP contribution is 2.40. The van der Waals surface area contributed by atoms with Gasteiger partial charge >= 0.3 is 17.9 Å². The van der Waals surface area contributed by atoms with Crippen LogP contribution in [0.3, 0.4) is 0 Å². The highest BCUT2D eigenvalue weighted by atomic mass is 32.1. The van der Waals surface area contributed by atoms with Gasteiger partial charge < -0.3 is 24.0 Å². The van der Waals surface area contributed by atoms with E-state index in [1.54, 1.807) is 32.1 Å². The number of hydrogen-bond donors (Lipinski definition) is 0. The SMILES string of the molecule is CC(C)(C)C(=O)N1CCCC1.CC(C)(C)C(=O)OC1CC(F)(F)C1.CC(C)(C)OC(=O)C(C)(C)C.CC1(OC(=O)C(C)(C)C)CCC1.CN(C)Cc1nc(C(=O)C(C)(C)C)cs1.Cc1nc(C(=O)C(C)(C)C)cs1. The second kappa shape index (κ2) is 27.6. The van der Waals surface area contributed by atoms with Crippen LogP contribution in [0, 0.1) is 39.4 Å². The van der Waals surface area contributed by atoms with Crippen molar-refractivity contribution in [2.45, 2.75) is 234 Å². The fraction of sp³-hybridized carbons (Fsp3) is 0.789. The molecule has 3 fully saturated rings. The molecule has 2 aliphatic carbocycles. The number of esters is 3. The van der Waals surface area contributed by atoms with E-state index in [2.05, 4.69) is 9.97 Å². The Labute approximate surface area is 453 Å². The number of ketones is 2. The van der Waals surface area contributed by atoms with Crippen LogP contribution in [0.4, 0.5) is 8.78 Å². The summed E-state index contributed by atoms with van der Waals surface area (Å²) in [5.41, 5.74) is -1.53. The van der Waals surface area contributed by atoms with Crippen LogP contribution in [-0.2, 0) is 39.9 Å². The average Bonchev–Trinajstić information content (AvgIpc) is 3.97. The molecule has 426 valence electrons. The number of aromatic nitrogens is 2. The van der Waals surface area contributed by atoms with Crippen LogP contribution >= 0.6 is 22.7 Å². The van der Waals surface area contributed by atoms with Crippen molar-refractivity contribution in [1.82, 2.24) is 19.8 Å². The summed E-state index contributed by atoms with van der Waals surface area (Å²) in [5.74, 6) is -2.73. The third-order valence-corrected chi connectivity index (χ3v) is 12.4. The smallest absolute Gasteiger partial charge is 0.311 e. The summed E-state index contributed by atoms with van der Waals surface area (Å²) in [6.45, 7) is 46.0. The fourth-order valence-corrected chi connectivity index (χ4v) is 7.48. The normalized spacial score (nSPS) is 16.5. The summed E-state index contributed by atoms with van der Waals surface area (Å²) >= 11 is 3.07. The predicted molar refractivity (Wildman–Crippen MR) is 296 cm³/mol. The summed E-state index contributed by atoms with van der Waals surface area (Å²) in [5, 5.41) is 5.62. The molecular formula is C57H98F2N4O9S2. The monoisotopic (exact) mass is 1080 g/mol. The van der Waals surface area contributed by atoms with E-state index in [4.69, 9.17) is 14.2 Å². The third-order valence-electron chi connectivity index (χ3n) is 10.8. The number of nitrogens with zero attached hydrogens (tertiary/aromatic N) is 4. The van der Waals surface area contributed by atoms with Gasteiger partial charge in [0.15, 0.2) is 11.6 Å². The summed E-state index contributed by atoms with van der Waals surface area (Å²) in [7, 11) is 3.99. The van der Waals surface area contributed by atoms with Crippen LogP contribution < -0.4 is 0 Å². The number of hydrogen-bond acceptors (Lipinski definition) is 14. The van der Waals surface area contributed by atoms with Gasteiger partial charge in [-0.25, -0.2) is 18.7 Å². The second-order valence-electron chi connectivity index (χ2n) is 27.3. The van der Waals surface area contributed by atoms with E-state index in [9.17, 15) is 37.5 Å². The quantitative estimate of drug-likeness (QED) is 0.153. The Bertz CT molecular complexity index is 2110. The zero-order valence-electron chi connectivity index (χ0n) is 50.3. The maximum absolute atomic E-state index is 12.3. The van der Waals surface area contributed by atoms with Gasteiger partial charge in [-0.05, 0) is 143 Å². The Balaban J connectivity index is 0.000000867. The summed E-state index contributed by atoms with van der Waals surface area (Å²) in [4.78, 5) is 81.5. The fourth-order valence-electron chi connectivity index (χ4n) is 5.99. The van der Waals surface area contributed by atoms with Gasteiger partial charge in [0.05, 0.1) is 21.3 Å². The standard InChI is InChI=1S/C11H18N2OS.C10H18O2.C9H14F2O2.C9H13NOS.C9H17NO.C9H18O2/c1-11(2,3)10(14)8-7-15-9(12-8)6-13(4)5;1-9(2,3)8(11)12-10(4)6-5-7-10;1-8(2,3)7(12)13-6-4-9(10,11)5-6;1-6-10-7(5-12-6)8(11)9(2,3)4;1-9(2,3)8(11)10-6-4-5-7-10;1-8(2,3)7(10)11-9(4,5)6/h7H,6H2,1-5H3;5-7H2,1-4H3;6H,4-5H2,1-3H3;5H,1-4H3;4-7H2,1-3H3;1-6H3. The molecule has 2 aromatic rings. The van der Waals surface area contributed by atoms with E-state index in [-0.39, 0.29) is 69.2 Å². The lowest BCUT2D eigenvalue weighted by atomic mass is 9.81. The molecule has 3 aliphatic rings. The van der Waals surface area contributed by atoms with Crippen molar-refractivity contribution in [2.24, 2.45) is 32.5 Å². The lowest BCUT2D eigenvalue weighted by molar-refractivity contribution is -0.190. The molecule has 3 heterocycles. The van der Waals surface area contributed by atoms with Crippen LogP contribution in [0.25, 0.3) is 0 Å². The number of carbonyl (C=O) groups is 6. The first-order valence-electron chi connectivity index (χ1n) is 25.9. The van der Waals surface area contributed by atoms with Crippen molar-refractivity contribution in [1.29, 1.82) is 0 Å². The number of carbonyl (C=O) groups excluding carboxylic acids is 6. The van der Waals surface area contributed by atoms with Crippen molar-refractivity contribution >= 4 is 58.1 Å². The Hall–Kier alpha value is -3.70. The molecule has 0 spiro atoms. The number of Topliss-reactive ketones (excluding diaryl/α,β-unsaturated/α-hetero) is 2. The number of alkyl halides is 2. The van der Waals surface area contributed by atoms with Gasteiger partial charge in [0, 0.05) is 59.5 Å².